The lowest BCUT2D eigenvalue weighted by atomic mass is 10.0. The van der Waals surface area contributed by atoms with E-state index in [1.54, 1.807) is 0 Å². The zero-order valence-corrected chi connectivity index (χ0v) is 16.7. The summed E-state index contributed by atoms with van der Waals surface area (Å²) in [7, 11) is 0. The number of benzene rings is 1. The molecule has 1 aliphatic heterocycles. The van der Waals surface area contributed by atoms with Gasteiger partial charge in [-0.05, 0) is 25.0 Å². The van der Waals surface area contributed by atoms with E-state index in [0.29, 0.717) is 0 Å². The van der Waals surface area contributed by atoms with Crippen molar-refractivity contribution >= 4 is 29.2 Å². The van der Waals surface area contributed by atoms with Gasteiger partial charge in [0.05, 0.1) is 10.8 Å². The predicted molar refractivity (Wildman–Crippen MR) is 108 cm³/mol. The Hall–Kier alpha value is -2.93. The number of aromatic nitrogens is 1. The van der Waals surface area contributed by atoms with Gasteiger partial charge in [0.25, 0.3) is 5.91 Å². The molecule has 0 aliphatic carbocycles. The average molecular weight is 418 g/mol. The van der Waals surface area contributed by atoms with Gasteiger partial charge >= 0.3 is 0 Å². The van der Waals surface area contributed by atoms with Crippen molar-refractivity contribution in [3.63, 3.8) is 0 Å². The number of carbonyl (C=O) groups is 2. The fourth-order valence-electron chi connectivity index (χ4n) is 3.25. The number of rotatable bonds is 6. The molecule has 152 valence electrons. The highest BCUT2D eigenvalue weighted by Crippen LogP contribution is 2.27. The van der Waals surface area contributed by atoms with Crippen molar-refractivity contribution in [1.29, 1.82) is 0 Å². The number of nitrogens with zero attached hydrogens (tertiary/aromatic N) is 3. The average Bonchev–Trinajstić information content (AvgIpc) is 2.66. The van der Waals surface area contributed by atoms with E-state index in [9.17, 15) is 19.1 Å². The monoisotopic (exact) mass is 417 g/mol. The quantitative estimate of drug-likeness (QED) is 0.726. The lowest BCUT2D eigenvalue weighted by Gasteiger charge is -2.40. The van der Waals surface area contributed by atoms with Gasteiger partial charge < -0.3 is 10.0 Å². The Bertz CT molecular complexity index is 949. The van der Waals surface area contributed by atoms with Crippen LogP contribution in [-0.4, -0.2) is 39.4 Å². The van der Waals surface area contributed by atoms with Crippen LogP contribution in [0.5, 0.6) is 0 Å². The van der Waals surface area contributed by atoms with Crippen LogP contribution in [0.1, 0.15) is 24.0 Å². The first-order chi connectivity index (χ1) is 13.8. The maximum Gasteiger partial charge on any atom is 0.251 e. The maximum atomic E-state index is 14.3. The van der Waals surface area contributed by atoms with E-state index in [1.807, 2.05) is 31.2 Å². The lowest BCUT2D eigenvalue weighted by molar-refractivity contribution is -0.144. The Kier molecular flexibility index (Phi) is 6.17. The van der Waals surface area contributed by atoms with E-state index in [-0.39, 0.29) is 48.4 Å². The van der Waals surface area contributed by atoms with Crippen LogP contribution in [0.3, 0.4) is 0 Å². The minimum absolute atomic E-state index is 0.0894. The largest absolute Gasteiger partial charge is 0.513 e. The summed E-state index contributed by atoms with van der Waals surface area (Å²) >= 11 is 5.74. The van der Waals surface area contributed by atoms with Crippen LogP contribution in [0.4, 0.5) is 10.2 Å². The molecule has 1 saturated heterocycles. The molecule has 0 bridgehead atoms. The SMILES string of the molecule is C=C(O)CC[C@H]1C(=O)N(c2ncc(Cl)cc2F)CC(=O)N1Cc1ccc(C)cc1. The van der Waals surface area contributed by atoms with Crippen LogP contribution in [-0.2, 0) is 16.1 Å². The number of anilines is 1. The third-order valence-electron chi connectivity index (χ3n) is 4.76. The number of amides is 2. The van der Waals surface area contributed by atoms with Gasteiger partial charge in [-0.15, -0.1) is 0 Å². The molecule has 1 fully saturated rings. The van der Waals surface area contributed by atoms with Crippen LogP contribution < -0.4 is 4.90 Å². The summed E-state index contributed by atoms with van der Waals surface area (Å²) in [5.41, 5.74) is 1.95. The number of allylic oxidation sites excluding steroid dienone is 1. The number of aliphatic hydroxyl groups excluding tert-OH is 1. The van der Waals surface area contributed by atoms with Gasteiger partial charge in [-0.2, -0.15) is 0 Å². The van der Waals surface area contributed by atoms with Crippen molar-refractivity contribution in [3.05, 3.63) is 70.8 Å². The first kappa shape index (κ1) is 20.8. The molecule has 2 amide bonds. The van der Waals surface area contributed by atoms with Crippen molar-refractivity contribution in [1.82, 2.24) is 9.88 Å². The normalized spacial score (nSPS) is 17.0. The summed E-state index contributed by atoms with van der Waals surface area (Å²) in [5, 5.41) is 9.58. The topological polar surface area (TPSA) is 73.7 Å². The van der Waals surface area contributed by atoms with Gasteiger partial charge in [-0.25, -0.2) is 9.37 Å². The fraction of sp³-hybridized carbons (Fsp3) is 0.286. The van der Waals surface area contributed by atoms with E-state index in [2.05, 4.69) is 11.6 Å². The second-order valence-corrected chi connectivity index (χ2v) is 7.45. The number of aliphatic hydroxyl groups is 1. The number of aryl methyl sites for hydroxylation is 1. The summed E-state index contributed by atoms with van der Waals surface area (Å²) in [6, 6.07) is 7.80. The minimum Gasteiger partial charge on any atom is -0.513 e. The smallest absolute Gasteiger partial charge is 0.251 e. The van der Waals surface area contributed by atoms with Gasteiger partial charge in [0.2, 0.25) is 5.91 Å². The Morgan fingerprint density at radius 3 is 2.66 bits per heavy atom. The summed E-state index contributed by atoms with van der Waals surface area (Å²) in [4.78, 5) is 32.4. The van der Waals surface area contributed by atoms with E-state index in [1.165, 1.54) is 11.1 Å². The summed E-state index contributed by atoms with van der Waals surface area (Å²) in [6.45, 7) is 5.31. The van der Waals surface area contributed by atoms with E-state index < -0.39 is 17.8 Å². The second-order valence-electron chi connectivity index (χ2n) is 7.01. The molecule has 1 aliphatic rings. The maximum absolute atomic E-state index is 14.3. The Labute approximate surface area is 173 Å². The molecule has 1 atom stereocenters. The van der Waals surface area contributed by atoms with Crippen molar-refractivity contribution in [2.24, 2.45) is 0 Å². The molecule has 1 aromatic heterocycles. The third-order valence-corrected chi connectivity index (χ3v) is 4.97. The molecule has 29 heavy (non-hydrogen) atoms. The van der Waals surface area contributed by atoms with Crippen molar-refractivity contribution in [2.75, 3.05) is 11.4 Å². The molecule has 0 radical (unpaired) electrons. The first-order valence-electron chi connectivity index (χ1n) is 9.10. The Morgan fingerprint density at radius 2 is 2.03 bits per heavy atom. The fourth-order valence-corrected chi connectivity index (χ4v) is 3.39. The predicted octanol–water partition coefficient (Wildman–Crippen LogP) is 3.78. The number of halogens is 2. The van der Waals surface area contributed by atoms with Crippen molar-refractivity contribution in [3.8, 4) is 0 Å². The molecule has 3 rings (SSSR count). The van der Waals surface area contributed by atoms with Crippen molar-refractivity contribution in [2.45, 2.75) is 32.4 Å². The highest BCUT2D eigenvalue weighted by Gasteiger charge is 2.41. The van der Waals surface area contributed by atoms with Gasteiger partial charge in [0, 0.05) is 19.2 Å². The molecule has 1 N–H and O–H groups in total. The molecular formula is C21H21ClFN3O3. The zero-order chi connectivity index (χ0) is 21.1. The third kappa shape index (κ3) is 4.74. The van der Waals surface area contributed by atoms with Crippen LogP contribution in [0.2, 0.25) is 5.02 Å². The van der Waals surface area contributed by atoms with E-state index in [0.717, 1.165) is 22.1 Å². The van der Waals surface area contributed by atoms with Crippen LogP contribution in [0.15, 0.2) is 48.9 Å². The van der Waals surface area contributed by atoms with Crippen molar-refractivity contribution < 1.29 is 19.1 Å². The zero-order valence-electron chi connectivity index (χ0n) is 15.9. The van der Waals surface area contributed by atoms with Crippen LogP contribution in [0, 0.1) is 12.7 Å². The number of piperazine rings is 1. The van der Waals surface area contributed by atoms with E-state index >= 15 is 0 Å². The summed E-state index contributed by atoms with van der Waals surface area (Å²) in [6.07, 6.45) is 1.52. The van der Waals surface area contributed by atoms with Gasteiger partial charge in [-0.1, -0.05) is 48.0 Å². The van der Waals surface area contributed by atoms with Gasteiger partial charge in [-0.3, -0.25) is 14.5 Å². The second kappa shape index (κ2) is 8.61. The highest BCUT2D eigenvalue weighted by atomic mass is 35.5. The summed E-state index contributed by atoms with van der Waals surface area (Å²) < 4.78 is 14.3. The molecule has 0 saturated carbocycles. The molecule has 0 unspecified atom stereocenters. The molecular weight excluding hydrogens is 397 g/mol. The molecule has 6 nitrogen and oxygen atoms in total. The first-order valence-corrected chi connectivity index (χ1v) is 9.48. The van der Waals surface area contributed by atoms with Gasteiger partial charge in [0.15, 0.2) is 11.6 Å². The highest BCUT2D eigenvalue weighted by molar-refractivity contribution is 6.30. The number of hydrogen-bond acceptors (Lipinski definition) is 4. The lowest BCUT2D eigenvalue weighted by Crippen LogP contribution is -2.60. The minimum atomic E-state index is -0.877. The molecule has 1 aromatic carbocycles. The van der Waals surface area contributed by atoms with Crippen LogP contribution >= 0.6 is 11.6 Å². The molecule has 2 aromatic rings. The van der Waals surface area contributed by atoms with Crippen LogP contribution in [0.25, 0.3) is 0 Å². The summed E-state index contributed by atoms with van der Waals surface area (Å²) in [5.74, 6) is -1.92. The Morgan fingerprint density at radius 1 is 1.34 bits per heavy atom. The standard InChI is InChI=1S/C21H21ClFN3O3/c1-13-3-6-15(7-4-13)11-25-18(8-5-14(2)27)21(29)26(12-19(25)28)20-17(23)9-16(22)10-24-20/h3-4,6-7,9-10,18,27H,2,5,8,11-12H2,1H3/t18-/m0/s1. The van der Waals surface area contributed by atoms with E-state index in [4.69, 9.17) is 11.6 Å². The number of hydrogen-bond donors (Lipinski definition) is 1. The number of carbonyl (C=O) groups excluding carboxylic acids is 2. The molecule has 0 spiro atoms. The molecule has 8 heteroatoms. The van der Waals surface area contributed by atoms with Gasteiger partial charge in [0.1, 0.15) is 12.6 Å². The number of pyridine rings is 1. The Balaban J connectivity index is 1.91. The molecule has 2 heterocycles.